The Morgan fingerprint density at radius 1 is 1.38 bits per heavy atom. The first-order valence-corrected chi connectivity index (χ1v) is 5.78. The molecule has 1 aromatic rings. The van der Waals surface area contributed by atoms with E-state index in [1.54, 1.807) is 11.5 Å². The molecule has 3 heteroatoms. The Morgan fingerprint density at radius 2 is 2.00 bits per heavy atom. The number of benzene rings is 1. The highest BCUT2D eigenvalue weighted by Gasteiger charge is 1.97. The number of hydrogen-bond acceptors (Lipinski definition) is 1. The fraction of sp³-hybridized carbons (Fsp3) is 0.100. The molecule has 1 aromatic carbocycles. The highest BCUT2D eigenvalue weighted by Crippen LogP contribution is 2.13. The fourth-order valence-corrected chi connectivity index (χ4v) is 1.83. The smallest absolute Gasteiger partial charge is 0.0854 e. The molecular formula is C10H9BrOS. The number of allylic oxidation sites excluding steroid dienone is 1. The molecule has 1 rings (SSSR count). The van der Waals surface area contributed by atoms with E-state index in [1.807, 2.05) is 31.2 Å². The van der Waals surface area contributed by atoms with Gasteiger partial charge in [0.1, 0.15) is 0 Å². The second-order valence-corrected chi connectivity index (χ2v) is 4.54. The summed E-state index contributed by atoms with van der Waals surface area (Å²) in [5.41, 5.74) is 2.80. The quantitative estimate of drug-likeness (QED) is 0.743. The molecule has 0 bridgehead atoms. The molecule has 1 atom stereocenters. The zero-order chi connectivity index (χ0) is 9.68. The summed E-state index contributed by atoms with van der Waals surface area (Å²) in [6.07, 6.45) is 1.73. The van der Waals surface area contributed by atoms with Gasteiger partial charge in [0.2, 0.25) is 0 Å². The Hall–Kier alpha value is -0.630. The number of hydrogen-bond donors (Lipinski definition) is 0. The highest BCUT2D eigenvalue weighted by atomic mass is 79.9. The molecule has 0 radical (unpaired) electrons. The summed E-state index contributed by atoms with van der Waals surface area (Å²) in [5, 5.41) is 1.54. The van der Waals surface area contributed by atoms with Crippen LogP contribution in [0.3, 0.4) is 0 Å². The minimum Gasteiger partial charge on any atom is -0.249 e. The summed E-state index contributed by atoms with van der Waals surface area (Å²) < 4.78 is 12.5. The molecule has 0 amide bonds. The lowest BCUT2D eigenvalue weighted by atomic mass is 10.4. The van der Waals surface area contributed by atoms with E-state index in [-0.39, 0.29) is 0 Å². The lowest BCUT2D eigenvalue weighted by molar-refractivity contribution is 0.688. The Bertz CT molecular complexity index is 361. The van der Waals surface area contributed by atoms with E-state index in [2.05, 4.69) is 21.7 Å². The average molecular weight is 257 g/mol. The zero-order valence-corrected chi connectivity index (χ0v) is 9.56. The molecule has 0 spiro atoms. The van der Waals surface area contributed by atoms with Crippen LogP contribution in [0.2, 0.25) is 0 Å². The van der Waals surface area contributed by atoms with E-state index in [9.17, 15) is 4.21 Å². The largest absolute Gasteiger partial charge is 0.249 e. The van der Waals surface area contributed by atoms with Gasteiger partial charge >= 0.3 is 0 Å². The molecule has 0 heterocycles. The monoisotopic (exact) mass is 256 g/mol. The van der Waals surface area contributed by atoms with Crippen LogP contribution in [0.4, 0.5) is 0 Å². The fourth-order valence-electron chi connectivity index (χ4n) is 0.767. The minimum absolute atomic E-state index is 0.789. The number of rotatable bonds is 2. The van der Waals surface area contributed by atoms with Crippen molar-refractivity contribution in [2.24, 2.45) is 0 Å². The predicted molar refractivity (Wildman–Crippen MR) is 58.9 cm³/mol. The van der Waals surface area contributed by atoms with Gasteiger partial charge < -0.3 is 0 Å². The molecule has 0 aliphatic rings. The first-order chi connectivity index (χ1) is 6.24. The van der Waals surface area contributed by atoms with Gasteiger partial charge in [-0.15, -0.1) is 5.73 Å². The molecule has 0 saturated carbocycles. The van der Waals surface area contributed by atoms with Gasteiger partial charge in [0.05, 0.1) is 10.8 Å². The van der Waals surface area contributed by atoms with Crippen LogP contribution in [0.25, 0.3) is 0 Å². The van der Waals surface area contributed by atoms with Crippen molar-refractivity contribution in [3.8, 4) is 0 Å². The summed E-state index contributed by atoms with van der Waals surface area (Å²) in [6, 6.07) is 7.40. The first-order valence-electron chi connectivity index (χ1n) is 3.77. The van der Waals surface area contributed by atoms with Crippen molar-refractivity contribution >= 4 is 26.7 Å². The lowest BCUT2D eigenvalue weighted by Crippen LogP contribution is -1.84. The van der Waals surface area contributed by atoms with Gasteiger partial charge in [0.15, 0.2) is 0 Å². The summed E-state index contributed by atoms with van der Waals surface area (Å²) in [5.74, 6) is 0. The molecule has 1 unspecified atom stereocenters. The van der Waals surface area contributed by atoms with E-state index in [1.165, 1.54) is 0 Å². The Kier molecular flexibility index (Phi) is 4.16. The van der Waals surface area contributed by atoms with Gasteiger partial charge in [0.25, 0.3) is 0 Å². The van der Waals surface area contributed by atoms with Crippen molar-refractivity contribution in [2.75, 3.05) is 0 Å². The maximum Gasteiger partial charge on any atom is 0.0854 e. The highest BCUT2D eigenvalue weighted by molar-refractivity contribution is 9.10. The molecule has 1 nitrogen and oxygen atoms in total. The minimum atomic E-state index is -1.08. The summed E-state index contributed by atoms with van der Waals surface area (Å²) in [6.45, 7) is 1.84. The number of halogens is 1. The second kappa shape index (κ2) is 5.18. The van der Waals surface area contributed by atoms with Gasteiger partial charge in [-0.2, -0.15) is 0 Å². The van der Waals surface area contributed by atoms with Crippen molar-refractivity contribution in [2.45, 2.75) is 11.8 Å². The van der Waals surface area contributed by atoms with Gasteiger partial charge in [-0.05, 0) is 37.3 Å². The van der Waals surface area contributed by atoms with Crippen molar-refractivity contribution in [1.82, 2.24) is 0 Å². The predicted octanol–water partition coefficient (Wildman–Crippen LogP) is 3.25. The third-order valence-electron chi connectivity index (χ3n) is 1.39. The average Bonchev–Trinajstić information content (AvgIpc) is 2.15. The van der Waals surface area contributed by atoms with Crippen LogP contribution in [0, 0.1) is 0 Å². The van der Waals surface area contributed by atoms with Crippen molar-refractivity contribution in [3.63, 3.8) is 0 Å². The first kappa shape index (κ1) is 10.5. The molecule has 68 valence electrons. The van der Waals surface area contributed by atoms with E-state index in [4.69, 9.17) is 0 Å². The van der Waals surface area contributed by atoms with Gasteiger partial charge in [-0.1, -0.05) is 15.9 Å². The lowest BCUT2D eigenvalue weighted by Gasteiger charge is -1.94. The van der Waals surface area contributed by atoms with Crippen LogP contribution in [0.5, 0.6) is 0 Å². The third kappa shape index (κ3) is 3.31. The molecule has 0 fully saturated rings. The van der Waals surface area contributed by atoms with Gasteiger partial charge in [0, 0.05) is 14.8 Å². The van der Waals surface area contributed by atoms with E-state index < -0.39 is 10.8 Å². The molecule has 13 heavy (non-hydrogen) atoms. The zero-order valence-electron chi connectivity index (χ0n) is 7.16. The molecule has 0 aliphatic carbocycles. The van der Waals surface area contributed by atoms with E-state index in [0.29, 0.717) is 0 Å². The van der Waals surface area contributed by atoms with Crippen LogP contribution >= 0.6 is 15.9 Å². The van der Waals surface area contributed by atoms with Crippen LogP contribution in [-0.4, -0.2) is 4.21 Å². The van der Waals surface area contributed by atoms with Crippen LogP contribution < -0.4 is 0 Å². The van der Waals surface area contributed by atoms with Crippen molar-refractivity contribution < 1.29 is 4.21 Å². The van der Waals surface area contributed by atoms with Crippen molar-refractivity contribution in [1.29, 1.82) is 0 Å². The SMILES string of the molecule is CC=C=CS(=O)c1ccc(Br)cc1. The Labute approximate surface area is 88.8 Å². The molecule has 0 saturated heterocycles. The molecular weight excluding hydrogens is 248 g/mol. The molecule has 0 aliphatic heterocycles. The maximum absolute atomic E-state index is 11.5. The normalized spacial score (nSPS) is 11.5. The maximum atomic E-state index is 11.5. The van der Waals surface area contributed by atoms with Gasteiger partial charge in [-0.3, -0.25) is 0 Å². The Balaban J connectivity index is 2.90. The summed E-state index contributed by atoms with van der Waals surface area (Å²) >= 11 is 3.32. The van der Waals surface area contributed by atoms with Crippen LogP contribution in [0.15, 0.2) is 50.8 Å². The van der Waals surface area contributed by atoms with Crippen LogP contribution in [-0.2, 0) is 10.8 Å². The van der Waals surface area contributed by atoms with Gasteiger partial charge in [-0.25, -0.2) is 4.21 Å². The second-order valence-electron chi connectivity index (χ2n) is 2.32. The topological polar surface area (TPSA) is 17.1 Å². The summed E-state index contributed by atoms with van der Waals surface area (Å²) in [7, 11) is -1.08. The standard InChI is InChI=1S/C10H9BrOS/c1-2-3-8-13(12)10-6-4-9(11)5-7-10/h2,4-8H,1H3. The van der Waals surface area contributed by atoms with Crippen LogP contribution in [0.1, 0.15) is 6.92 Å². The Morgan fingerprint density at radius 3 is 2.54 bits per heavy atom. The van der Waals surface area contributed by atoms with Crippen molar-refractivity contribution in [3.05, 3.63) is 46.0 Å². The van der Waals surface area contributed by atoms with E-state index >= 15 is 0 Å². The van der Waals surface area contributed by atoms with E-state index in [0.717, 1.165) is 9.37 Å². The summed E-state index contributed by atoms with van der Waals surface area (Å²) in [4.78, 5) is 0.789. The third-order valence-corrected chi connectivity index (χ3v) is 3.00. The molecule has 0 N–H and O–H groups in total. The molecule has 0 aromatic heterocycles.